The third kappa shape index (κ3) is 8.61. The molecule has 1 radical (unpaired) electrons. The van der Waals surface area contributed by atoms with Crippen molar-refractivity contribution in [3.63, 3.8) is 0 Å². The summed E-state index contributed by atoms with van der Waals surface area (Å²) in [4.78, 5) is 0. The molecule has 6 N–H and O–H groups in total. The van der Waals surface area contributed by atoms with E-state index in [1.165, 1.54) is 50.7 Å². The summed E-state index contributed by atoms with van der Waals surface area (Å²) in [5.41, 5.74) is 6.76. The largest absolute Gasteiger partial charge is 0.399 e. The van der Waals surface area contributed by atoms with Gasteiger partial charge in [-0.1, -0.05) is 89.9 Å². The number of ether oxygens (including phenoxy) is 1. The van der Waals surface area contributed by atoms with Crippen LogP contribution in [0.4, 0.5) is 5.69 Å². The predicted octanol–water partition coefficient (Wildman–Crippen LogP) is 9.82. The Labute approximate surface area is 290 Å². The van der Waals surface area contributed by atoms with Crippen LogP contribution in [-0.4, -0.2) is 34.2 Å². The van der Waals surface area contributed by atoms with Crippen molar-refractivity contribution in [2.45, 2.75) is 58.4 Å². The van der Waals surface area contributed by atoms with Gasteiger partial charge >= 0.3 is 0 Å². The van der Waals surface area contributed by atoms with Crippen LogP contribution in [0.25, 0.3) is 40.3 Å². The number of thiophene rings is 2. The molecule has 1 aliphatic rings. The Balaban J connectivity index is 0.000000195. The van der Waals surface area contributed by atoms with Crippen LogP contribution in [-0.2, 0) is 21.8 Å². The molecule has 1 aliphatic heterocycles. The maximum atomic E-state index is 8.51. The van der Waals surface area contributed by atoms with E-state index in [9.17, 15) is 0 Å². The van der Waals surface area contributed by atoms with Gasteiger partial charge in [0.15, 0.2) is 6.29 Å². The van der Waals surface area contributed by atoms with Gasteiger partial charge in [-0.3, -0.25) is 0 Å². The number of anilines is 1. The second-order valence-corrected chi connectivity index (χ2v) is 26.2. The number of halogens is 1. The van der Waals surface area contributed by atoms with Crippen molar-refractivity contribution < 1.29 is 26.9 Å². The fourth-order valence-corrected chi connectivity index (χ4v) is 9.85. The summed E-state index contributed by atoms with van der Waals surface area (Å²) < 4.78 is 11.3. The van der Waals surface area contributed by atoms with Crippen molar-refractivity contribution in [3.8, 4) is 0 Å². The number of hydrogen-bond donors (Lipinski definition) is 3. The molecular weight excluding hydrogens is 732 g/mol. The fraction of sp³-hybridized carbons (Fsp3) is 0.294. The predicted molar refractivity (Wildman–Crippen MR) is 203 cm³/mol. The van der Waals surface area contributed by atoms with Gasteiger partial charge in [0.25, 0.3) is 0 Å². The van der Waals surface area contributed by atoms with E-state index in [0.29, 0.717) is 0 Å². The third-order valence-electron chi connectivity index (χ3n) is 7.56. The van der Waals surface area contributed by atoms with Gasteiger partial charge < -0.3 is 21.7 Å². The van der Waals surface area contributed by atoms with E-state index in [2.05, 4.69) is 122 Å². The molecule has 2 aromatic heterocycles. The molecule has 1 fully saturated rings. The number of nitrogens with two attached hydrogens (primary N) is 1. The second kappa shape index (κ2) is 14.9. The minimum atomic E-state index is -1.25. The van der Waals surface area contributed by atoms with Crippen LogP contribution in [0.15, 0.2) is 77.3 Å². The van der Waals surface area contributed by atoms with E-state index in [4.69, 9.17) is 15.6 Å². The first-order valence-corrected chi connectivity index (χ1v) is 23.9. The van der Waals surface area contributed by atoms with E-state index < -0.39 is 22.4 Å². The SMILES string of the molecule is C[Si](C)(C)c1ccc2sc3ccc(Br)cc3c2c1.C[Si](C)(C)c1ccc2sc3ccc(N)cc3c2c1.N.OC1CCCO1.[Cu]. The second-order valence-electron chi connectivity index (χ2n) is 13.0. The Morgan fingerprint density at radius 3 is 1.55 bits per heavy atom. The summed E-state index contributed by atoms with van der Waals surface area (Å²) in [5.74, 6) is 0. The third-order valence-corrected chi connectivity index (χ3v) is 14.4. The number of nitrogen functional groups attached to an aromatic ring is 1. The summed E-state index contributed by atoms with van der Waals surface area (Å²) in [6, 6.07) is 26.7. The summed E-state index contributed by atoms with van der Waals surface area (Å²) in [5, 5.41) is 17.0. The van der Waals surface area contributed by atoms with E-state index in [0.717, 1.165) is 29.6 Å². The number of aliphatic hydroxyl groups excluding tert-OH is 1. The zero-order valence-electron chi connectivity index (χ0n) is 26.3. The molecule has 44 heavy (non-hydrogen) atoms. The van der Waals surface area contributed by atoms with Crippen molar-refractivity contribution in [1.82, 2.24) is 6.15 Å². The van der Waals surface area contributed by atoms with Crippen LogP contribution in [0.1, 0.15) is 12.8 Å². The maximum Gasteiger partial charge on any atom is 0.154 e. The smallest absolute Gasteiger partial charge is 0.154 e. The Morgan fingerprint density at radius 1 is 0.705 bits per heavy atom. The molecular formula is C34H43BrCuN2O2S2Si2. The van der Waals surface area contributed by atoms with E-state index in [-0.39, 0.29) is 23.2 Å². The molecule has 7 rings (SSSR count). The number of fused-ring (bicyclic) bond motifs is 6. The summed E-state index contributed by atoms with van der Waals surface area (Å²) in [6.07, 6.45) is 1.38. The molecule has 0 saturated carbocycles. The average molecular weight is 775 g/mol. The normalized spacial score (nSPS) is 14.9. The van der Waals surface area contributed by atoms with Gasteiger partial charge in [0, 0.05) is 80.6 Å². The molecule has 0 spiro atoms. The van der Waals surface area contributed by atoms with Gasteiger partial charge in [0.2, 0.25) is 0 Å². The first-order chi connectivity index (χ1) is 19.8. The van der Waals surface area contributed by atoms with Gasteiger partial charge in [-0.05, 0) is 55.0 Å². The molecule has 10 heteroatoms. The minimum absolute atomic E-state index is 0. The van der Waals surface area contributed by atoms with Crippen molar-refractivity contribution >= 4 is 111 Å². The number of hydrogen-bond acceptors (Lipinski definition) is 6. The van der Waals surface area contributed by atoms with Gasteiger partial charge in [0.05, 0.1) is 16.1 Å². The van der Waals surface area contributed by atoms with Crippen LogP contribution in [0.3, 0.4) is 0 Å². The molecule has 3 heterocycles. The topological polar surface area (TPSA) is 90.5 Å². The van der Waals surface area contributed by atoms with Crippen molar-refractivity contribution in [2.24, 2.45) is 0 Å². The van der Waals surface area contributed by atoms with E-state index >= 15 is 0 Å². The molecule has 4 nitrogen and oxygen atoms in total. The van der Waals surface area contributed by atoms with Crippen molar-refractivity contribution in [3.05, 3.63) is 77.3 Å². The molecule has 0 amide bonds. The van der Waals surface area contributed by atoms with Crippen molar-refractivity contribution in [1.29, 1.82) is 0 Å². The molecule has 0 aliphatic carbocycles. The number of benzene rings is 4. The van der Waals surface area contributed by atoms with E-state index in [1.54, 1.807) is 0 Å². The van der Waals surface area contributed by atoms with Crippen LogP contribution in [0, 0.1) is 0 Å². The molecule has 1 unspecified atom stereocenters. The molecule has 239 valence electrons. The molecule has 6 aromatic rings. The molecule has 4 aromatic carbocycles. The van der Waals surface area contributed by atoms with Crippen LogP contribution in [0.2, 0.25) is 39.3 Å². The monoisotopic (exact) mass is 773 g/mol. The average Bonchev–Trinajstić information content (AvgIpc) is 3.64. The Hall–Kier alpha value is -1.57. The number of rotatable bonds is 2. The van der Waals surface area contributed by atoms with Crippen LogP contribution >= 0.6 is 38.6 Å². The molecule has 1 atom stereocenters. The minimum Gasteiger partial charge on any atom is -0.399 e. The standard InChI is InChI=1S/C15H15BrSSi.C15H17NSSi.C4H8O2.Cu.H3N/c2*1-18(2,3)11-5-7-15-13(9-11)12-8-10(16)4-6-14(12)17-15;5-4-2-1-3-6-4;;/h4-9H,1-3H3;4-9H,16H2,1-3H3;4-5H,1-3H2;;1H3. The first kappa shape index (κ1) is 36.9. The molecule has 0 bridgehead atoms. The first-order valence-electron chi connectivity index (χ1n) is 14.4. The Morgan fingerprint density at radius 2 is 1.14 bits per heavy atom. The van der Waals surface area contributed by atoms with Gasteiger partial charge in [-0.2, -0.15) is 0 Å². The maximum absolute atomic E-state index is 8.51. The summed E-state index contributed by atoms with van der Waals surface area (Å²) in [6.45, 7) is 15.1. The zero-order valence-corrected chi connectivity index (χ0v) is 32.4. The summed E-state index contributed by atoms with van der Waals surface area (Å²) in [7, 11) is -2.48. The quantitative estimate of drug-likeness (QED) is 0.121. The fourth-order valence-electron chi connectivity index (χ4n) is 5.04. The Kier molecular flexibility index (Phi) is 12.5. The van der Waals surface area contributed by atoms with Crippen LogP contribution < -0.4 is 22.3 Å². The van der Waals surface area contributed by atoms with Crippen LogP contribution in [0.5, 0.6) is 0 Å². The molecule has 1 saturated heterocycles. The van der Waals surface area contributed by atoms with Gasteiger partial charge in [-0.25, -0.2) is 0 Å². The summed E-state index contributed by atoms with van der Waals surface area (Å²) >= 11 is 7.31. The van der Waals surface area contributed by atoms with E-state index in [1.807, 2.05) is 28.7 Å². The zero-order chi connectivity index (χ0) is 30.2. The van der Waals surface area contributed by atoms with Gasteiger partial charge in [0.1, 0.15) is 0 Å². The van der Waals surface area contributed by atoms with Gasteiger partial charge in [-0.15, -0.1) is 22.7 Å². The van der Waals surface area contributed by atoms with Crippen molar-refractivity contribution in [2.75, 3.05) is 12.3 Å². The number of aliphatic hydroxyl groups is 1. The Bertz CT molecular complexity index is 1740.